The van der Waals surface area contributed by atoms with Gasteiger partial charge in [-0.1, -0.05) is 28.8 Å². The van der Waals surface area contributed by atoms with Gasteiger partial charge >= 0.3 is 5.97 Å². The number of aromatic hydroxyl groups is 1. The number of carbonyl (C=O) groups excluding carboxylic acids is 2. The van der Waals surface area contributed by atoms with Gasteiger partial charge in [0.1, 0.15) is 17.1 Å². The fourth-order valence-electron chi connectivity index (χ4n) is 2.91. The highest BCUT2D eigenvalue weighted by molar-refractivity contribution is 9.10. The number of nitrogens with zero attached hydrogens (tertiary/aromatic N) is 2. The van der Waals surface area contributed by atoms with Crippen LogP contribution in [0.1, 0.15) is 42.1 Å². The van der Waals surface area contributed by atoms with E-state index in [0.29, 0.717) is 16.3 Å². The van der Waals surface area contributed by atoms with Gasteiger partial charge in [0, 0.05) is 10.5 Å². The minimum absolute atomic E-state index is 0.00169. The normalized spacial score (nSPS) is 14.4. The number of benzene rings is 1. The van der Waals surface area contributed by atoms with Gasteiger partial charge in [-0.25, -0.2) is 9.48 Å². The number of anilines is 1. The van der Waals surface area contributed by atoms with E-state index in [9.17, 15) is 14.7 Å². The zero-order valence-electron chi connectivity index (χ0n) is 13.4. The number of aromatic nitrogens is 2. The molecule has 0 saturated heterocycles. The van der Waals surface area contributed by atoms with Gasteiger partial charge < -0.3 is 15.2 Å². The molecule has 132 valence electrons. The molecule has 0 aliphatic heterocycles. The molecule has 2 N–H and O–H groups in total. The summed E-state index contributed by atoms with van der Waals surface area (Å²) in [6.45, 7) is -0.444. The molecule has 0 atom stereocenters. The van der Waals surface area contributed by atoms with Crippen LogP contribution in [0.5, 0.6) is 5.75 Å². The van der Waals surface area contributed by atoms with Crippen LogP contribution in [0, 0.1) is 0 Å². The topological polar surface area (TPSA) is 93.5 Å². The van der Waals surface area contributed by atoms with E-state index in [1.165, 1.54) is 12.1 Å². The molecule has 1 aliphatic carbocycles. The maximum atomic E-state index is 12.1. The summed E-state index contributed by atoms with van der Waals surface area (Å²) in [5, 5.41) is 16.7. The molecule has 8 heteroatoms. The fraction of sp³-hybridized carbons (Fsp3) is 0.353. The highest BCUT2D eigenvalue weighted by Crippen LogP contribution is 2.31. The van der Waals surface area contributed by atoms with Crippen molar-refractivity contribution in [1.82, 2.24) is 9.78 Å². The third-order valence-corrected chi connectivity index (χ3v) is 4.61. The summed E-state index contributed by atoms with van der Waals surface area (Å²) in [6.07, 6.45) is 6.04. The summed E-state index contributed by atoms with van der Waals surface area (Å²) in [6, 6.07) is 6.43. The lowest BCUT2D eigenvalue weighted by Gasteiger charge is -2.14. The number of rotatable bonds is 5. The van der Waals surface area contributed by atoms with E-state index in [1.54, 1.807) is 18.3 Å². The maximum absolute atomic E-state index is 12.1. The molecule has 0 radical (unpaired) electrons. The first-order valence-corrected chi connectivity index (χ1v) is 8.83. The Labute approximate surface area is 153 Å². The first-order chi connectivity index (χ1) is 12.0. The Morgan fingerprint density at radius 1 is 1.32 bits per heavy atom. The monoisotopic (exact) mass is 407 g/mol. The summed E-state index contributed by atoms with van der Waals surface area (Å²) in [5.41, 5.74) is -0.00169. The van der Waals surface area contributed by atoms with Crippen molar-refractivity contribution in [1.29, 1.82) is 0 Å². The van der Waals surface area contributed by atoms with Crippen LogP contribution in [0.2, 0.25) is 0 Å². The third kappa shape index (κ3) is 4.19. The Morgan fingerprint density at radius 2 is 2.08 bits per heavy atom. The predicted molar refractivity (Wildman–Crippen MR) is 94.5 cm³/mol. The Morgan fingerprint density at radius 3 is 2.84 bits per heavy atom. The number of carbonyl (C=O) groups is 2. The summed E-state index contributed by atoms with van der Waals surface area (Å²) in [7, 11) is 0. The number of hydrogen-bond acceptors (Lipinski definition) is 5. The van der Waals surface area contributed by atoms with Crippen molar-refractivity contribution in [2.45, 2.75) is 31.7 Å². The SMILES string of the molecule is O=C(COC(=O)c1cc(Br)ccc1O)Nc1ccnn1C1CCCC1. The highest BCUT2D eigenvalue weighted by Gasteiger charge is 2.21. The van der Waals surface area contributed by atoms with E-state index >= 15 is 0 Å². The molecule has 25 heavy (non-hydrogen) atoms. The zero-order chi connectivity index (χ0) is 17.8. The number of esters is 1. The average molecular weight is 408 g/mol. The first kappa shape index (κ1) is 17.5. The molecule has 1 fully saturated rings. The molecule has 1 aliphatic rings. The Hall–Kier alpha value is -2.35. The van der Waals surface area contributed by atoms with Gasteiger partial charge in [-0.05, 0) is 31.0 Å². The summed E-state index contributed by atoms with van der Waals surface area (Å²) >= 11 is 3.22. The zero-order valence-corrected chi connectivity index (χ0v) is 15.0. The van der Waals surface area contributed by atoms with Crippen LogP contribution in [0.15, 0.2) is 34.9 Å². The number of phenols is 1. The van der Waals surface area contributed by atoms with Crippen molar-refractivity contribution in [3.63, 3.8) is 0 Å². The van der Waals surface area contributed by atoms with Crippen LogP contribution < -0.4 is 5.32 Å². The molecule has 1 heterocycles. The lowest BCUT2D eigenvalue weighted by molar-refractivity contribution is -0.119. The van der Waals surface area contributed by atoms with E-state index in [4.69, 9.17) is 4.74 Å². The van der Waals surface area contributed by atoms with Crippen molar-refractivity contribution in [3.05, 3.63) is 40.5 Å². The van der Waals surface area contributed by atoms with Crippen molar-refractivity contribution in [3.8, 4) is 5.75 Å². The lowest BCUT2D eigenvalue weighted by Crippen LogP contribution is -2.23. The molecular formula is C17H18BrN3O4. The molecule has 3 rings (SSSR count). The molecule has 0 bridgehead atoms. The van der Waals surface area contributed by atoms with Gasteiger partial charge in [0.25, 0.3) is 5.91 Å². The number of hydrogen-bond donors (Lipinski definition) is 2. The summed E-state index contributed by atoms with van der Waals surface area (Å²) in [4.78, 5) is 24.1. The smallest absolute Gasteiger partial charge is 0.342 e. The number of nitrogens with one attached hydrogen (secondary N) is 1. The quantitative estimate of drug-likeness (QED) is 0.741. The van der Waals surface area contributed by atoms with Crippen molar-refractivity contribution in [2.24, 2.45) is 0 Å². The predicted octanol–water partition coefficient (Wildman–Crippen LogP) is 3.26. The van der Waals surface area contributed by atoms with Gasteiger partial charge in [0.15, 0.2) is 6.61 Å². The molecule has 0 unspecified atom stereocenters. The second-order valence-electron chi connectivity index (χ2n) is 5.89. The lowest BCUT2D eigenvalue weighted by atomic mass is 10.2. The van der Waals surface area contributed by atoms with Crippen LogP contribution in [0.25, 0.3) is 0 Å². The second-order valence-corrected chi connectivity index (χ2v) is 6.80. The van der Waals surface area contributed by atoms with Gasteiger partial charge in [0.2, 0.25) is 0 Å². The number of phenolic OH excluding ortho intramolecular Hbond substituents is 1. The second kappa shape index (κ2) is 7.69. The molecule has 1 aromatic heterocycles. The van der Waals surface area contributed by atoms with E-state index in [1.807, 2.05) is 4.68 Å². The van der Waals surface area contributed by atoms with E-state index in [0.717, 1.165) is 25.7 Å². The highest BCUT2D eigenvalue weighted by atomic mass is 79.9. The maximum Gasteiger partial charge on any atom is 0.342 e. The first-order valence-electron chi connectivity index (χ1n) is 8.03. The van der Waals surface area contributed by atoms with Crippen LogP contribution in [-0.2, 0) is 9.53 Å². The standard InChI is InChI=1S/C17H18BrN3O4/c18-11-5-6-14(22)13(9-11)17(24)25-10-16(23)20-15-7-8-19-21(15)12-3-1-2-4-12/h5-9,12,22H,1-4,10H2,(H,20,23). The van der Waals surface area contributed by atoms with Gasteiger partial charge in [-0.15, -0.1) is 0 Å². The molecule has 1 saturated carbocycles. The summed E-state index contributed by atoms with van der Waals surface area (Å²) < 4.78 is 7.42. The Bertz CT molecular complexity index is 784. The van der Waals surface area contributed by atoms with Gasteiger partial charge in [-0.3, -0.25) is 4.79 Å². The third-order valence-electron chi connectivity index (χ3n) is 4.12. The number of halogens is 1. The van der Waals surface area contributed by atoms with Gasteiger partial charge in [0.05, 0.1) is 12.2 Å². The van der Waals surface area contributed by atoms with E-state index in [2.05, 4.69) is 26.3 Å². The van der Waals surface area contributed by atoms with Crippen molar-refractivity contribution >= 4 is 33.6 Å². The van der Waals surface area contributed by atoms with Crippen molar-refractivity contribution < 1.29 is 19.4 Å². The van der Waals surface area contributed by atoms with E-state index < -0.39 is 18.5 Å². The Kier molecular flexibility index (Phi) is 5.37. The molecule has 1 aromatic carbocycles. The van der Waals surface area contributed by atoms with Crippen LogP contribution in [0.3, 0.4) is 0 Å². The Balaban J connectivity index is 1.57. The molecular weight excluding hydrogens is 390 g/mol. The van der Waals surface area contributed by atoms with Gasteiger partial charge in [-0.2, -0.15) is 5.10 Å². The molecule has 7 nitrogen and oxygen atoms in total. The molecule has 1 amide bonds. The van der Waals surface area contributed by atoms with Crippen LogP contribution in [-0.4, -0.2) is 33.4 Å². The molecule has 2 aromatic rings. The van der Waals surface area contributed by atoms with Crippen LogP contribution >= 0.6 is 15.9 Å². The summed E-state index contributed by atoms with van der Waals surface area (Å²) in [5.74, 6) is -0.827. The fourth-order valence-corrected chi connectivity index (χ4v) is 3.27. The number of amides is 1. The van der Waals surface area contributed by atoms with Crippen LogP contribution in [0.4, 0.5) is 5.82 Å². The largest absolute Gasteiger partial charge is 0.507 e. The number of ether oxygens (including phenoxy) is 1. The average Bonchev–Trinajstić information content (AvgIpc) is 3.26. The minimum Gasteiger partial charge on any atom is -0.507 e. The molecule has 0 spiro atoms. The minimum atomic E-state index is -0.766. The van der Waals surface area contributed by atoms with E-state index in [-0.39, 0.29) is 11.3 Å². The van der Waals surface area contributed by atoms with Crippen molar-refractivity contribution in [2.75, 3.05) is 11.9 Å².